The molecule has 0 aliphatic rings. The fourth-order valence-corrected chi connectivity index (χ4v) is 2.96. The smallest absolute Gasteiger partial charge is 0.191 e. The van der Waals surface area contributed by atoms with Crippen LogP contribution in [0, 0.1) is 0 Å². The number of guanidine groups is 1. The Labute approximate surface area is 125 Å². The third-order valence-corrected chi connectivity index (χ3v) is 5.06. The lowest BCUT2D eigenvalue weighted by molar-refractivity contribution is 0.519. The Hall–Kier alpha value is -1.08. The van der Waals surface area contributed by atoms with Gasteiger partial charge in [-0.3, -0.25) is 4.99 Å². The Morgan fingerprint density at radius 2 is 2.10 bits per heavy atom. The summed E-state index contributed by atoms with van der Waals surface area (Å²) in [5.74, 6) is 0.723. The minimum absolute atomic E-state index is 0.00260. The summed E-state index contributed by atoms with van der Waals surface area (Å²) in [7, 11) is -1.28. The number of hydrogen-bond acceptors (Lipinski definition) is 4. The van der Waals surface area contributed by atoms with Gasteiger partial charge in [-0.15, -0.1) is 11.3 Å². The van der Waals surface area contributed by atoms with Crippen LogP contribution >= 0.6 is 11.3 Å². The van der Waals surface area contributed by atoms with Crippen molar-refractivity contribution in [1.29, 1.82) is 0 Å². The quantitative estimate of drug-likeness (QED) is 0.612. The third-order valence-electron chi connectivity index (χ3n) is 2.87. The molecule has 0 saturated heterocycles. The molecule has 0 aliphatic heterocycles. The molecule has 0 amide bonds. The maximum absolute atomic E-state index is 11.1. The van der Waals surface area contributed by atoms with Gasteiger partial charge in [-0.2, -0.15) is 0 Å². The predicted octanol–water partition coefficient (Wildman–Crippen LogP) is 1.24. The molecule has 0 aliphatic carbocycles. The number of rotatable bonds is 6. The lowest BCUT2D eigenvalue weighted by atomic mass is 9.91. The van der Waals surface area contributed by atoms with Crippen LogP contribution in [0.1, 0.15) is 18.7 Å². The standard InChI is InChI=1S/C13H23N3O2S2/c1-13(2,11-6-5-8-19-11)10-16-12(14-3)15-7-9-20(4,17)18/h5-6,8H,7,9-10H2,1-4H3,(H2,14,15,16). The Morgan fingerprint density at radius 3 is 2.60 bits per heavy atom. The van der Waals surface area contributed by atoms with Crippen LogP contribution in [0.5, 0.6) is 0 Å². The summed E-state index contributed by atoms with van der Waals surface area (Å²) in [5, 5.41) is 8.31. The maximum atomic E-state index is 11.1. The van der Waals surface area contributed by atoms with Crippen molar-refractivity contribution in [2.45, 2.75) is 19.3 Å². The van der Waals surface area contributed by atoms with Crippen LogP contribution < -0.4 is 10.6 Å². The molecular weight excluding hydrogens is 294 g/mol. The van der Waals surface area contributed by atoms with E-state index in [0.717, 1.165) is 6.54 Å². The number of hydrogen-bond donors (Lipinski definition) is 2. The van der Waals surface area contributed by atoms with Crippen LogP contribution in [0.15, 0.2) is 22.5 Å². The van der Waals surface area contributed by atoms with Gasteiger partial charge >= 0.3 is 0 Å². The molecule has 0 radical (unpaired) electrons. The summed E-state index contributed by atoms with van der Waals surface area (Å²) < 4.78 is 22.1. The van der Waals surface area contributed by atoms with Gasteiger partial charge in [0.05, 0.1) is 5.75 Å². The van der Waals surface area contributed by atoms with E-state index in [1.165, 1.54) is 11.1 Å². The molecule has 0 fully saturated rings. The molecule has 20 heavy (non-hydrogen) atoms. The van der Waals surface area contributed by atoms with Gasteiger partial charge in [-0.05, 0) is 11.4 Å². The highest BCUT2D eigenvalue weighted by Crippen LogP contribution is 2.26. The van der Waals surface area contributed by atoms with Crippen LogP contribution in [0.3, 0.4) is 0 Å². The molecular formula is C13H23N3O2S2. The van der Waals surface area contributed by atoms with Gasteiger partial charge in [-0.1, -0.05) is 19.9 Å². The highest BCUT2D eigenvalue weighted by Gasteiger charge is 2.21. The molecule has 2 N–H and O–H groups in total. The second kappa shape index (κ2) is 7.08. The zero-order chi connectivity index (χ0) is 15.2. The van der Waals surface area contributed by atoms with Crippen molar-refractivity contribution in [3.63, 3.8) is 0 Å². The third kappa shape index (κ3) is 5.92. The number of thiophene rings is 1. The fourth-order valence-electron chi connectivity index (χ4n) is 1.63. The van der Waals surface area contributed by atoms with Crippen LogP contribution in [0.4, 0.5) is 0 Å². The van der Waals surface area contributed by atoms with Crippen LogP contribution in [0.2, 0.25) is 0 Å². The van der Waals surface area contributed by atoms with E-state index in [9.17, 15) is 8.42 Å². The van der Waals surface area contributed by atoms with E-state index in [-0.39, 0.29) is 11.2 Å². The first-order chi connectivity index (χ1) is 9.24. The van der Waals surface area contributed by atoms with Crippen molar-refractivity contribution in [2.24, 2.45) is 4.99 Å². The van der Waals surface area contributed by atoms with E-state index in [1.54, 1.807) is 18.4 Å². The fraction of sp³-hybridized carbons (Fsp3) is 0.615. The molecule has 1 heterocycles. The van der Waals surface area contributed by atoms with Gasteiger partial charge in [0, 0.05) is 36.7 Å². The van der Waals surface area contributed by atoms with Gasteiger partial charge in [0.2, 0.25) is 0 Å². The first-order valence-electron chi connectivity index (χ1n) is 6.41. The molecule has 0 spiro atoms. The van der Waals surface area contributed by atoms with Crippen molar-refractivity contribution in [1.82, 2.24) is 10.6 Å². The zero-order valence-electron chi connectivity index (χ0n) is 12.4. The van der Waals surface area contributed by atoms with E-state index < -0.39 is 9.84 Å². The van der Waals surface area contributed by atoms with Crippen molar-refractivity contribution in [3.05, 3.63) is 22.4 Å². The first kappa shape index (κ1) is 17.0. The van der Waals surface area contributed by atoms with E-state index >= 15 is 0 Å². The second-order valence-corrected chi connectivity index (χ2v) is 8.55. The Balaban J connectivity index is 2.46. The summed E-state index contributed by atoms with van der Waals surface area (Å²) in [5.41, 5.74) is 0.00260. The highest BCUT2D eigenvalue weighted by atomic mass is 32.2. The average Bonchev–Trinajstić information content (AvgIpc) is 2.86. The van der Waals surface area contributed by atoms with Gasteiger partial charge in [0.1, 0.15) is 9.84 Å². The van der Waals surface area contributed by atoms with Crippen LogP contribution in [-0.2, 0) is 15.3 Å². The number of nitrogens with one attached hydrogen (secondary N) is 2. The molecule has 1 aromatic heterocycles. The van der Waals surface area contributed by atoms with E-state index in [0.29, 0.717) is 12.5 Å². The monoisotopic (exact) mass is 317 g/mol. The SMILES string of the molecule is CN=C(NCCS(C)(=O)=O)NCC(C)(C)c1cccs1. The largest absolute Gasteiger partial charge is 0.356 e. The Kier molecular flexibility index (Phi) is 6.01. The molecule has 0 aromatic carbocycles. The lowest BCUT2D eigenvalue weighted by Crippen LogP contribution is -2.44. The molecule has 0 bridgehead atoms. The van der Waals surface area contributed by atoms with Crippen molar-refractivity contribution in [2.75, 3.05) is 32.1 Å². The average molecular weight is 317 g/mol. The highest BCUT2D eigenvalue weighted by molar-refractivity contribution is 7.90. The normalized spacial score (nSPS) is 13.3. The second-order valence-electron chi connectivity index (χ2n) is 5.34. The summed E-state index contributed by atoms with van der Waals surface area (Å²) in [6, 6.07) is 4.16. The van der Waals surface area contributed by atoms with E-state index in [2.05, 4.69) is 40.9 Å². The summed E-state index contributed by atoms with van der Waals surface area (Å²) in [4.78, 5) is 5.40. The number of aliphatic imine (C=N–C) groups is 1. The molecule has 114 valence electrons. The zero-order valence-corrected chi connectivity index (χ0v) is 14.1. The lowest BCUT2D eigenvalue weighted by Gasteiger charge is -2.25. The summed E-state index contributed by atoms with van der Waals surface area (Å²) in [6.45, 7) is 5.41. The molecule has 0 saturated carbocycles. The summed E-state index contributed by atoms with van der Waals surface area (Å²) in [6.07, 6.45) is 1.23. The van der Waals surface area contributed by atoms with Crippen LogP contribution in [-0.4, -0.2) is 46.5 Å². The molecule has 1 aromatic rings. The first-order valence-corrected chi connectivity index (χ1v) is 9.35. The molecule has 5 nitrogen and oxygen atoms in total. The van der Waals surface area contributed by atoms with Gasteiger partial charge in [0.25, 0.3) is 0 Å². The Morgan fingerprint density at radius 1 is 1.40 bits per heavy atom. The predicted molar refractivity (Wildman–Crippen MR) is 86.4 cm³/mol. The van der Waals surface area contributed by atoms with Crippen molar-refractivity contribution >= 4 is 27.1 Å². The van der Waals surface area contributed by atoms with Gasteiger partial charge in [-0.25, -0.2) is 8.42 Å². The van der Waals surface area contributed by atoms with E-state index in [4.69, 9.17) is 0 Å². The Bertz CT molecular complexity index is 534. The van der Waals surface area contributed by atoms with Crippen LogP contribution in [0.25, 0.3) is 0 Å². The summed E-state index contributed by atoms with van der Waals surface area (Å²) >= 11 is 1.73. The molecule has 0 atom stereocenters. The number of sulfone groups is 1. The molecule has 0 unspecified atom stereocenters. The minimum Gasteiger partial charge on any atom is -0.356 e. The van der Waals surface area contributed by atoms with Gasteiger partial charge < -0.3 is 10.6 Å². The topological polar surface area (TPSA) is 70.6 Å². The van der Waals surface area contributed by atoms with Crippen molar-refractivity contribution < 1.29 is 8.42 Å². The minimum atomic E-state index is -2.95. The van der Waals surface area contributed by atoms with Gasteiger partial charge in [0.15, 0.2) is 5.96 Å². The molecule has 1 rings (SSSR count). The van der Waals surface area contributed by atoms with E-state index in [1.807, 2.05) is 6.07 Å². The van der Waals surface area contributed by atoms with Crippen molar-refractivity contribution in [3.8, 4) is 0 Å². The number of nitrogens with zero attached hydrogens (tertiary/aromatic N) is 1. The molecule has 7 heteroatoms. The maximum Gasteiger partial charge on any atom is 0.191 e.